The highest BCUT2D eigenvalue weighted by molar-refractivity contribution is 5.91. The molecule has 0 fully saturated rings. The summed E-state index contributed by atoms with van der Waals surface area (Å²) >= 11 is 0. The van der Waals surface area contributed by atoms with Gasteiger partial charge in [0.05, 0.1) is 0 Å². The molecule has 3 aromatic rings. The maximum atomic E-state index is 12.1. The molecule has 0 saturated heterocycles. The number of esters is 2. The quantitative estimate of drug-likeness (QED) is 0.126. The largest absolute Gasteiger partial charge is 0.458 e. The van der Waals surface area contributed by atoms with Crippen molar-refractivity contribution < 1.29 is 28.2 Å². The van der Waals surface area contributed by atoms with Crippen molar-refractivity contribution in [1.82, 2.24) is 10.2 Å². The molecule has 0 aliphatic heterocycles. The lowest BCUT2D eigenvalue weighted by Crippen LogP contribution is -2.12. The van der Waals surface area contributed by atoms with Gasteiger partial charge in [0.1, 0.15) is 11.5 Å². The van der Waals surface area contributed by atoms with Crippen LogP contribution in [0.15, 0.2) is 95.7 Å². The molecule has 8 heteroatoms. The van der Waals surface area contributed by atoms with Crippen LogP contribution in [0.4, 0.5) is 0 Å². The van der Waals surface area contributed by atoms with Crippen LogP contribution in [0.25, 0.3) is 22.9 Å². The maximum absolute atomic E-state index is 12.1. The van der Waals surface area contributed by atoms with Crippen molar-refractivity contribution in [3.63, 3.8) is 0 Å². The fourth-order valence-electron chi connectivity index (χ4n) is 2.53. The summed E-state index contributed by atoms with van der Waals surface area (Å²) in [6, 6.07) is 11.5. The smallest absolute Gasteiger partial charge is 0.338 e. The zero-order valence-electron chi connectivity index (χ0n) is 19.7. The van der Waals surface area contributed by atoms with Crippen LogP contribution in [0, 0.1) is 0 Å². The summed E-state index contributed by atoms with van der Waals surface area (Å²) in [5.41, 5.74) is 2.20. The first kappa shape index (κ1) is 24.9. The number of allylic oxidation sites excluding steroid dienone is 1. The van der Waals surface area contributed by atoms with E-state index in [1.54, 1.807) is 37.3 Å². The van der Waals surface area contributed by atoms with Crippen LogP contribution in [-0.4, -0.2) is 22.1 Å². The Labute approximate surface area is 202 Å². The van der Waals surface area contributed by atoms with E-state index in [1.165, 1.54) is 26.0 Å². The number of hydrogen-bond acceptors (Lipinski definition) is 8. The second-order valence-electron chi connectivity index (χ2n) is 7.74. The number of aromatic nitrogens is 2. The summed E-state index contributed by atoms with van der Waals surface area (Å²) in [7, 11) is 0. The van der Waals surface area contributed by atoms with Crippen LogP contribution in [0.2, 0.25) is 0 Å². The van der Waals surface area contributed by atoms with Gasteiger partial charge in [-0.25, -0.2) is 9.59 Å². The summed E-state index contributed by atoms with van der Waals surface area (Å²) in [6.45, 7) is 19.5. The molecule has 178 valence electrons. The Morgan fingerprint density at radius 3 is 1.74 bits per heavy atom. The Bertz CT molecular complexity index is 1350. The van der Waals surface area contributed by atoms with Crippen molar-refractivity contribution >= 4 is 11.9 Å². The van der Waals surface area contributed by atoms with Crippen LogP contribution in [0.5, 0.6) is 17.2 Å². The first-order valence-electron chi connectivity index (χ1n) is 10.4. The number of benzene rings is 2. The van der Waals surface area contributed by atoms with Gasteiger partial charge in [0.25, 0.3) is 0 Å². The minimum atomic E-state index is -0.683. The highest BCUT2D eigenvalue weighted by atomic mass is 16.6. The third kappa shape index (κ3) is 6.20. The van der Waals surface area contributed by atoms with Gasteiger partial charge in [-0.3, -0.25) is 0 Å². The van der Waals surface area contributed by atoms with Crippen molar-refractivity contribution in [2.45, 2.75) is 20.8 Å². The molecule has 1 aromatic heterocycles. The van der Waals surface area contributed by atoms with Crippen molar-refractivity contribution in [3.05, 3.63) is 91.3 Å². The zero-order valence-corrected chi connectivity index (χ0v) is 19.7. The first-order chi connectivity index (χ1) is 16.5. The van der Waals surface area contributed by atoms with E-state index in [4.69, 9.17) is 18.6 Å². The number of rotatable bonds is 9. The van der Waals surface area contributed by atoms with E-state index < -0.39 is 11.9 Å². The molecule has 0 atom stereocenters. The van der Waals surface area contributed by atoms with Crippen molar-refractivity contribution in [1.29, 1.82) is 0 Å². The molecule has 0 radical (unpaired) electrons. The van der Waals surface area contributed by atoms with E-state index in [2.05, 4.69) is 36.5 Å². The van der Waals surface area contributed by atoms with Crippen LogP contribution >= 0.6 is 0 Å². The van der Waals surface area contributed by atoms with E-state index in [9.17, 15) is 9.59 Å². The third-order valence-electron chi connectivity index (χ3n) is 4.54. The molecule has 2 aromatic carbocycles. The SMILES string of the molecule is C=C(C)C(=C)Oc1ccc(-c2nnc(-c3ccc(OC(=O)C(=C)C)c(OC(=O)C(=C)C)c3)o2)cc1. The molecule has 8 nitrogen and oxygen atoms in total. The van der Waals surface area contributed by atoms with E-state index in [-0.39, 0.29) is 34.4 Å². The molecular formula is C27H24N2O6. The Kier molecular flexibility index (Phi) is 7.46. The number of carbonyl (C=O) groups excluding carboxylic acids is 2. The molecule has 1 heterocycles. The highest BCUT2D eigenvalue weighted by Gasteiger charge is 2.18. The maximum Gasteiger partial charge on any atom is 0.338 e. The molecule has 0 aliphatic carbocycles. The van der Waals surface area contributed by atoms with Crippen LogP contribution in [0.1, 0.15) is 20.8 Å². The van der Waals surface area contributed by atoms with Gasteiger partial charge in [-0.1, -0.05) is 26.3 Å². The van der Waals surface area contributed by atoms with Crippen LogP contribution in [0.3, 0.4) is 0 Å². The summed E-state index contributed by atoms with van der Waals surface area (Å²) in [5, 5.41) is 8.16. The molecule has 0 unspecified atom stereocenters. The normalized spacial score (nSPS) is 10.3. The minimum absolute atomic E-state index is 0.0101. The fraction of sp³-hybridized carbons (Fsp3) is 0.111. The monoisotopic (exact) mass is 472 g/mol. The molecule has 0 saturated carbocycles. The average Bonchev–Trinajstić information content (AvgIpc) is 3.30. The van der Waals surface area contributed by atoms with Gasteiger partial charge in [-0.2, -0.15) is 0 Å². The van der Waals surface area contributed by atoms with E-state index >= 15 is 0 Å². The molecule has 0 amide bonds. The van der Waals surface area contributed by atoms with Gasteiger partial charge in [-0.15, -0.1) is 10.2 Å². The lowest BCUT2D eigenvalue weighted by atomic mass is 10.2. The lowest BCUT2D eigenvalue weighted by Gasteiger charge is -2.11. The number of ether oxygens (including phenoxy) is 3. The predicted molar refractivity (Wildman–Crippen MR) is 131 cm³/mol. The molecule has 0 aliphatic rings. The Balaban J connectivity index is 1.88. The first-order valence-corrected chi connectivity index (χ1v) is 10.4. The second-order valence-corrected chi connectivity index (χ2v) is 7.74. The summed E-state index contributed by atoms with van der Waals surface area (Å²) in [5.74, 6) is 0.170. The average molecular weight is 472 g/mol. The van der Waals surface area contributed by atoms with Gasteiger partial charge >= 0.3 is 11.9 Å². The minimum Gasteiger partial charge on any atom is -0.458 e. The third-order valence-corrected chi connectivity index (χ3v) is 4.54. The number of carbonyl (C=O) groups is 2. The zero-order chi connectivity index (χ0) is 25.7. The Morgan fingerprint density at radius 1 is 0.686 bits per heavy atom. The summed E-state index contributed by atoms with van der Waals surface area (Å²) < 4.78 is 22.0. The lowest BCUT2D eigenvalue weighted by molar-refractivity contribution is -0.132. The van der Waals surface area contributed by atoms with E-state index in [1.807, 2.05) is 0 Å². The van der Waals surface area contributed by atoms with Gasteiger partial charge in [-0.05, 0) is 68.8 Å². The van der Waals surface area contributed by atoms with Crippen molar-refractivity contribution in [3.8, 4) is 40.2 Å². The standard InChI is InChI=1S/C27H24N2O6/c1-15(2)18(7)32-21-11-8-19(9-12-21)24-28-29-25(35-24)20-10-13-22(33-26(30)16(3)4)23(14-20)34-27(31)17(5)6/h8-14H,1,3,5,7H2,2,4,6H3. The van der Waals surface area contributed by atoms with E-state index in [0.29, 0.717) is 22.6 Å². The molecule has 35 heavy (non-hydrogen) atoms. The second kappa shape index (κ2) is 10.5. The fourth-order valence-corrected chi connectivity index (χ4v) is 2.53. The van der Waals surface area contributed by atoms with Gasteiger partial charge in [0, 0.05) is 22.3 Å². The van der Waals surface area contributed by atoms with Gasteiger partial charge in [0.15, 0.2) is 11.5 Å². The van der Waals surface area contributed by atoms with Crippen molar-refractivity contribution in [2.24, 2.45) is 0 Å². The summed E-state index contributed by atoms with van der Waals surface area (Å²) in [4.78, 5) is 24.1. The predicted octanol–water partition coefficient (Wildman–Crippen LogP) is 5.84. The molecular weight excluding hydrogens is 448 g/mol. The number of hydrogen-bond donors (Lipinski definition) is 0. The topological polar surface area (TPSA) is 101 Å². The van der Waals surface area contributed by atoms with Gasteiger partial charge in [0.2, 0.25) is 11.8 Å². The Hall–Kier alpha value is -4.72. The van der Waals surface area contributed by atoms with Gasteiger partial charge < -0.3 is 18.6 Å². The highest BCUT2D eigenvalue weighted by Crippen LogP contribution is 2.34. The summed E-state index contributed by atoms with van der Waals surface area (Å²) in [6.07, 6.45) is 0. The Morgan fingerprint density at radius 2 is 1.20 bits per heavy atom. The van der Waals surface area contributed by atoms with Crippen LogP contribution < -0.4 is 14.2 Å². The van der Waals surface area contributed by atoms with Crippen LogP contribution in [-0.2, 0) is 9.59 Å². The molecule has 0 N–H and O–H groups in total. The van der Waals surface area contributed by atoms with E-state index in [0.717, 1.165) is 5.57 Å². The van der Waals surface area contributed by atoms with Crippen molar-refractivity contribution in [2.75, 3.05) is 0 Å². The number of nitrogens with zero attached hydrogens (tertiary/aromatic N) is 2. The molecule has 0 bridgehead atoms. The molecule has 3 rings (SSSR count). The molecule has 0 spiro atoms.